The summed E-state index contributed by atoms with van der Waals surface area (Å²) in [5.74, 6) is -1.91. The predicted octanol–water partition coefficient (Wildman–Crippen LogP) is 5.58. The number of likely N-dealkylation sites (N-methyl/N-ethyl adjacent to an activating group) is 2. The average Bonchev–Trinajstić information content (AvgIpc) is 2.95. The van der Waals surface area contributed by atoms with Crippen LogP contribution in [-0.2, 0) is 38.1 Å². The van der Waals surface area contributed by atoms with Gasteiger partial charge in [-0.1, -0.05) is 44.7 Å². The summed E-state index contributed by atoms with van der Waals surface area (Å²) in [6.45, 7) is 12.1. The Bertz CT molecular complexity index is 1050. The Morgan fingerprint density at radius 1 is 0.625 bits per heavy atom. The number of nitrogens with zero attached hydrogens (tertiary/aromatic N) is 2. The molecule has 0 saturated heterocycles. The van der Waals surface area contributed by atoms with Crippen molar-refractivity contribution in [2.75, 3.05) is 54.5 Å². The van der Waals surface area contributed by atoms with Gasteiger partial charge in [-0.15, -0.1) is 0 Å². The number of carbonyl (C=O) groups is 4. The van der Waals surface area contributed by atoms with E-state index in [9.17, 15) is 19.2 Å². The Kier molecular flexibility index (Phi) is 16.2. The molecule has 2 aliphatic rings. The highest BCUT2D eigenvalue weighted by Gasteiger charge is 2.54. The van der Waals surface area contributed by atoms with Crippen molar-refractivity contribution in [3.8, 4) is 0 Å². The molecule has 278 valence electrons. The van der Waals surface area contributed by atoms with Crippen molar-refractivity contribution in [2.45, 2.75) is 111 Å². The molecular weight excluding hydrogens is 788 g/mol. The van der Waals surface area contributed by atoms with Crippen molar-refractivity contribution in [1.29, 1.82) is 0 Å². The molecule has 0 bridgehead atoms. The molecule has 48 heavy (non-hydrogen) atoms. The van der Waals surface area contributed by atoms with Gasteiger partial charge in [0.05, 0.1) is 21.3 Å². The summed E-state index contributed by atoms with van der Waals surface area (Å²) in [5.41, 5.74) is -2.04. The average molecular weight is 847 g/mol. The Morgan fingerprint density at radius 3 is 1.23 bits per heavy atom. The van der Waals surface area contributed by atoms with Crippen LogP contribution in [-0.4, -0.2) is 120 Å². The molecule has 0 N–H and O–H groups in total. The molecule has 0 radical (unpaired) electrons. The van der Waals surface area contributed by atoms with E-state index in [0.29, 0.717) is 13.1 Å². The van der Waals surface area contributed by atoms with Crippen molar-refractivity contribution in [2.24, 2.45) is 22.7 Å². The summed E-state index contributed by atoms with van der Waals surface area (Å²) in [4.78, 5) is 57.1. The molecule has 0 aromatic heterocycles. The van der Waals surface area contributed by atoms with Gasteiger partial charge in [0.25, 0.3) is 0 Å². The lowest BCUT2D eigenvalue weighted by Gasteiger charge is -2.50. The maximum absolute atomic E-state index is 13.8. The third-order valence-corrected chi connectivity index (χ3v) is 11.9. The van der Waals surface area contributed by atoms with Crippen LogP contribution in [0.1, 0.15) is 80.1 Å². The fraction of sp³-hybridized carbons (Fsp3) is 0.882. The highest BCUT2D eigenvalue weighted by Crippen LogP contribution is 2.48. The molecule has 14 heteroatoms. The summed E-state index contributed by atoms with van der Waals surface area (Å²) in [5, 5.41) is -1.01. The number of fused-ring (bicyclic) bond motifs is 1. The molecule has 2 saturated carbocycles. The highest BCUT2D eigenvalue weighted by molar-refractivity contribution is 9.10. The van der Waals surface area contributed by atoms with Crippen LogP contribution in [0, 0.1) is 22.7 Å². The molecule has 7 unspecified atom stereocenters. The fourth-order valence-corrected chi connectivity index (χ4v) is 9.21. The van der Waals surface area contributed by atoms with Gasteiger partial charge in [0.1, 0.15) is 34.1 Å². The zero-order valence-corrected chi connectivity index (χ0v) is 35.3. The second kappa shape index (κ2) is 17.8. The van der Waals surface area contributed by atoms with Gasteiger partial charge in [0.2, 0.25) is 0 Å². The van der Waals surface area contributed by atoms with Crippen molar-refractivity contribution < 1.29 is 38.1 Å². The molecule has 0 heterocycles. The van der Waals surface area contributed by atoms with Gasteiger partial charge in [-0.25, -0.2) is 0 Å². The van der Waals surface area contributed by atoms with E-state index in [2.05, 4.69) is 31.9 Å². The standard InChI is InChI=1S/C34H58Br2N2O8S2/c1-31(2,19-33(5,35)29(41)43-17-15-37(7)8)27(39)45-23-21-13-11-12-14-22(21)24(26(48)25(23)47)46-28(40)32(3,4)20-34(6,36)30(42)44-18-16-38(9)10/h21-26,47-48H,11-20H2,1-10H3/t21?,22?,23?,24?,25-,26?,33?,34?/m0/s1. The van der Waals surface area contributed by atoms with Crippen molar-refractivity contribution in [1.82, 2.24) is 9.80 Å². The SMILES string of the molecule is CN(C)CCOC(=O)C(C)(Br)CC(C)(C)C(=O)OC1C2CCCCC2C(OC(=O)C(C)(C)CC(C)(Br)C(=O)OCCN(C)C)[C@H](S)C1S. The number of rotatable bonds is 16. The van der Waals surface area contributed by atoms with E-state index in [1.54, 1.807) is 41.5 Å². The lowest BCUT2D eigenvalue weighted by atomic mass is 9.67. The number of hydrogen-bond acceptors (Lipinski definition) is 12. The van der Waals surface area contributed by atoms with Crippen LogP contribution >= 0.6 is 57.1 Å². The maximum atomic E-state index is 13.8. The topological polar surface area (TPSA) is 112 Å². The number of halogens is 2. The second-order valence-corrected chi connectivity index (χ2v) is 20.4. The molecule has 2 fully saturated rings. The first-order valence-electron chi connectivity index (χ1n) is 16.7. The lowest BCUT2D eigenvalue weighted by molar-refractivity contribution is -0.181. The largest absolute Gasteiger partial charge is 0.463 e. The molecule has 2 rings (SSSR count). The van der Waals surface area contributed by atoms with E-state index in [4.69, 9.17) is 44.2 Å². The van der Waals surface area contributed by atoms with Crippen LogP contribution in [0.4, 0.5) is 0 Å². The molecule has 10 nitrogen and oxygen atoms in total. The third kappa shape index (κ3) is 12.0. The van der Waals surface area contributed by atoms with Gasteiger partial charge in [-0.05, 0) is 95.4 Å². The number of alkyl halides is 2. The molecule has 2 aliphatic carbocycles. The van der Waals surface area contributed by atoms with Crippen LogP contribution in [0.2, 0.25) is 0 Å². The Hall–Kier alpha value is -0.540. The summed E-state index contributed by atoms with van der Waals surface area (Å²) < 4.78 is 21.3. The Labute approximate surface area is 315 Å². The minimum absolute atomic E-state index is 0.0789. The molecular formula is C34H58Br2N2O8S2. The van der Waals surface area contributed by atoms with Crippen molar-refractivity contribution in [3.63, 3.8) is 0 Å². The quantitative estimate of drug-likeness (QED) is 0.0886. The second-order valence-electron chi connectivity index (χ2n) is 15.7. The smallest absolute Gasteiger partial charge is 0.322 e. The predicted molar refractivity (Wildman–Crippen MR) is 201 cm³/mol. The van der Waals surface area contributed by atoms with E-state index in [1.165, 1.54) is 0 Å². The monoisotopic (exact) mass is 844 g/mol. The minimum atomic E-state index is -1.09. The van der Waals surface area contributed by atoms with E-state index in [1.807, 2.05) is 38.0 Å². The molecule has 0 aromatic rings. The van der Waals surface area contributed by atoms with Crippen LogP contribution in [0.15, 0.2) is 0 Å². The van der Waals surface area contributed by atoms with Crippen LogP contribution in [0.5, 0.6) is 0 Å². The van der Waals surface area contributed by atoms with E-state index < -0.39 is 66.1 Å². The zero-order chi connectivity index (χ0) is 36.8. The van der Waals surface area contributed by atoms with E-state index >= 15 is 0 Å². The van der Waals surface area contributed by atoms with Gasteiger partial charge in [-0.3, -0.25) is 19.2 Å². The molecule has 8 atom stereocenters. The highest BCUT2D eigenvalue weighted by atomic mass is 79.9. The Morgan fingerprint density at radius 2 is 0.938 bits per heavy atom. The molecule has 0 aromatic carbocycles. The number of carbonyl (C=O) groups excluding carboxylic acids is 4. The lowest BCUT2D eigenvalue weighted by Crippen LogP contribution is -2.59. The summed E-state index contributed by atoms with van der Waals surface area (Å²) in [7, 11) is 7.59. The first-order valence-corrected chi connectivity index (χ1v) is 19.3. The minimum Gasteiger partial charge on any atom is -0.463 e. The fourth-order valence-electron chi connectivity index (χ4n) is 6.67. The molecule has 0 amide bonds. The molecule has 0 spiro atoms. The number of hydrogen-bond donors (Lipinski definition) is 2. The van der Waals surface area contributed by atoms with Gasteiger partial charge in [0, 0.05) is 24.9 Å². The summed E-state index contributed by atoms with van der Waals surface area (Å²) >= 11 is 16.8. The van der Waals surface area contributed by atoms with Gasteiger partial charge < -0.3 is 28.7 Å². The van der Waals surface area contributed by atoms with Crippen molar-refractivity contribution >= 4 is 81.0 Å². The normalized spacial score (nSPS) is 27.3. The van der Waals surface area contributed by atoms with Crippen molar-refractivity contribution in [3.05, 3.63) is 0 Å². The Balaban J connectivity index is 2.15. The van der Waals surface area contributed by atoms with E-state index in [0.717, 1.165) is 25.7 Å². The number of ether oxygens (including phenoxy) is 4. The van der Waals surface area contributed by atoms with Gasteiger partial charge in [-0.2, -0.15) is 25.3 Å². The van der Waals surface area contributed by atoms with Crippen LogP contribution in [0.3, 0.4) is 0 Å². The summed E-state index contributed by atoms with van der Waals surface area (Å²) in [6, 6.07) is 0. The first-order chi connectivity index (χ1) is 21.9. The number of thiol groups is 2. The zero-order valence-electron chi connectivity index (χ0n) is 30.3. The van der Waals surface area contributed by atoms with Crippen LogP contribution in [0.25, 0.3) is 0 Å². The maximum Gasteiger partial charge on any atom is 0.322 e. The van der Waals surface area contributed by atoms with E-state index in [-0.39, 0.29) is 37.9 Å². The van der Waals surface area contributed by atoms with Gasteiger partial charge >= 0.3 is 23.9 Å². The summed E-state index contributed by atoms with van der Waals surface area (Å²) in [6.07, 6.45) is 2.73. The number of esters is 4. The van der Waals surface area contributed by atoms with Gasteiger partial charge in [0.15, 0.2) is 0 Å². The molecule has 0 aliphatic heterocycles. The third-order valence-electron chi connectivity index (χ3n) is 9.28. The van der Waals surface area contributed by atoms with Crippen LogP contribution < -0.4 is 0 Å². The first kappa shape index (κ1) is 43.6.